The van der Waals surface area contributed by atoms with E-state index in [0.29, 0.717) is 19.1 Å². The van der Waals surface area contributed by atoms with Crippen molar-refractivity contribution in [3.63, 3.8) is 0 Å². The maximum atomic E-state index is 5.39. The third kappa shape index (κ3) is 4.53. The fourth-order valence-electron chi connectivity index (χ4n) is 2.44. The van der Waals surface area contributed by atoms with Gasteiger partial charge >= 0.3 is 0 Å². The zero-order valence-electron chi connectivity index (χ0n) is 13.2. The van der Waals surface area contributed by atoms with Crippen molar-refractivity contribution < 1.29 is 4.74 Å². The number of nitrogens with one attached hydrogen (secondary N) is 1. The average molecular weight is 277 g/mol. The number of ether oxygens (including phenoxy) is 1. The number of hydrogen-bond donors (Lipinski definition) is 1. The first-order valence-electron chi connectivity index (χ1n) is 7.74. The first-order valence-corrected chi connectivity index (χ1v) is 7.74. The Labute approximate surface area is 122 Å². The molecule has 112 valence electrons. The molecule has 1 aromatic heterocycles. The van der Waals surface area contributed by atoms with Gasteiger partial charge in [-0.1, -0.05) is 6.92 Å². The van der Waals surface area contributed by atoms with E-state index in [1.165, 1.54) is 18.4 Å². The van der Waals surface area contributed by atoms with Crippen LogP contribution in [0.5, 0.6) is 0 Å². The van der Waals surface area contributed by atoms with E-state index < -0.39 is 0 Å². The minimum atomic E-state index is 0.511. The molecule has 1 heterocycles. The van der Waals surface area contributed by atoms with Crippen LogP contribution in [-0.2, 0) is 17.8 Å². The third-order valence-corrected chi connectivity index (χ3v) is 3.79. The molecule has 2 rings (SSSR count). The molecule has 4 heteroatoms. The molecule has 1 aliphatic rings. The summed E-state index contributed by atoms with van der Waals surface area (Å²) in [5.41, 5.74) is 3.51. The van der Waals surface area contributed by atoms with Crippen LogP contribution in [0.15, 0.2) is 0 Å². The van der Waals surface area contributed by atoms with E-state index in [-0.39, 0.29) is 0 Å². The third-order valence-electron chi connectivity index (χ3n) is 3.79. The van der Waals surface area contributed by atoms with Crippen LogP contribution in [-0.4, -0.2) is 29.2 Å². The average Bonchev–Trinajstić information content (AvgIpc) is 3.22. The Bertz CT molecular complexity index is 420. The Morgan fingerprint density at radius 1 is 1.25 bits per heavy atom. The molecule has 1 aliphatic carbocycles. The molecule has 0 bridgehead atoms. The van der Waals surface area contributed by atoms with Gasteiger partial charge in [-0.25, -0.2) is 9.97 Å². The van der Waals surface area contributed by atoms with Crippen molar-refractivity contribution in [1.29, 1.82) is 0 Å². The number of aryl methyl sites for hydroxylation is 2. The van der Waals surface area contributed by atoms with Crippen molar-refractivity contribution >= 4 is 0 Å². The fraction of sp³-hybridized carbons (Fsp3) is 0.750. The molecule has 4 nitrogen and oxygen atoms in total. The molecule has 0 aliphatic heterocycles. The Kier molecular flexibility index (Phi) is 5.49. The summed E-state index contributed by atoms with van der Waals surface area (Å²) >= 11 is 0. The van der Waals surface area contributed by atoms with Crippen LogP contribution < -0.4 is 5.32 Å². The minimum Gasteiger partial charge on any atom is -0.374 e. The zero-order valence-corrected chi connectivity index (χ0v) is 13.2. The monoisotopic (exact) mass is 277 g/mol. The number of hydrogen-bond acceptors (Lipinski definition) is 4. The van der Waals surface area contributed by atoms with Crippen LogP contribution in [0.25, 0.3) is 0 Å². The highest BCUT2D eigenvalue weighted by Crippen LogP contribution is 2.20. The van der Waals surface area contributed by atoms with Crippen LogP contribution in [0.2, 0.25) is 0 Å². The molecule has 0 saturated heterocycles. The predicted molar refractivity (Wildman–Crippen MR) is 80.7 cm³/mol. The SMILES string of the molecule is CCOCc1nc(C)c(CC(C)CNC2CC2)c(C)n1. The lowest BCUT2D eigenvalue weighted by atomic mass is 9.98. The summed E-state index contributed by atoms with van der Waals surface area (Å²) in [6, 6.07) is 0.782. The molecule has 1 N–H and O–H groups in total. The quantitative estimate of drug-likeness (QED) is 0.793. The molecule has 0 radical (unpaired) electrons. The first-order chi connectivity index (χ1) is 9.60. The first kappa shape index (κ1) is 15.4. The highest BCUT2D eigenvalue weighted by molar-refractivity contribution is 5.24. The van der Waals surface area contributed by atoms with Crippen LogP contribution in [0.3, 0.4) is 0 Å². The van der Waals surface area contributed by atoms with Crippen LogP contribution in [0, 0.1) is 19.8 Å². The molecule has 0 aromatic carbocycles. The highest BCUT2D eigenvalue weighted by Gasteiger charge is 2.21. The summed E-state index contributed by atoms with van der Waals surface area (Å²) in [6.07, 6.45) is 3.74. The summed E-state index contributed by atoms with van der Waals surface area (Å²) in [6.45, 7) is 10.8. The summed E-state index contributed by atoms with van der Waals surface area (Å²) in [4.78, 5) is 9.15. The van der Waals surface area contributed by atoms with Gasteiger partial charge < -0.3 is 10.1 Å². The Morgan fingerprint density at radius 3 is 2.45 bits per heavy atom. The molecular weight excluding hydrogens is 250 g/mol. The van der Waals surface area contributed by atoms with Crippen molar-refractivity contribution in [3.05, 3.63) is 22.8 Å². The molecule has 20 heavy (non-hydrogen) atoms. The summed E-state index contributed by atoms with van der Waals surface area (Å²) < 4.78 is 5.39. The normalized spacial score (nSPS) is 16.4. The van der Waals surface area contributed by atoms with Gasteiger partial charge in [-0.2, -0.15) is 0 Å². The van der Waals surface area contributed by atoms with Gasteiger partial charge in [0, 0.05) is 24.0 Å². The van der Waals surface area contributed by atoms with Crippen LogP contribution in [0.4, 0.5) is 0 Å². The molecule has 1 unspecified atom stereocenters. The van der Waals surface area contributed by atoms with Crippen molar-refractivity contribution in [1.82, 2.24) is 15.3 Å². The maximum Gasteiger partial charge on any atom is 0.154 e. The number of aromatic nitrogens is 2. The predicted octanol–water partition coefficient (Wildman–Crippen LogP) is 2.56. The van der Waals surface area contributed by atoms with Crippen molar-refractivity contribution in [2.75, 3.05) is 13.2 Å². The van der Waals surface area contributed by atoms with Gasteiger partial charge in [-0.3, -0.25) is 0 Å². The second kappa shape index (κ2) is 7.14. The highest BCUT2D eigenvalue weighted by atomic mass is 16.5. The maximum absolute atomic E-state index is 5.39. The lowest BCUT2D eigenvalue weighted by Gasteiger charge is -2.16. The molecule has 1 aromatic rings. The molecule has 1 atom stereocenters. The standard InChI is InChI=1S/C16H27N3O/c1-5-20-10-16-18-12(3)15(13(4)19-16)8-11(2)9-17-14-6-7-14/h11,14,17H,5-10H2,1-4H3. The van der Waals surface area contributed by atoms with E-state index in [1.54, 1.807) is 0 Å². The lowest BCUT2D eigenvalue weighted by molar-refractivity contribution is 0.128. The van der Waals surface area contributed by atoms with Crippen molar-refractivity contribution in [2.24, 2.45) is 5.92 Å². The topological polar surface area (TPSA) is 47.0 Å². The zero-order chi connectivity index (χ0) is 14.5. The smallest absolute Gasteiger partial charge is 0.154 e. The van der Waals surface area contributed by atoms with E-state index in [4.69, 9.17) is 4.74 Å². The molecule has 0 amide bonds. The summed E-state index contributed by atoms with van der Waals surface area (Å²) in [7, 11) is 0. The van der Waals surface area contributed by atoms with Gasteiger partial charge in [0.15, 0.2) is 5.82 Å². The van der Waals surface area contributed by atoms with E-state index in [9.17, 15) is 0 Å². The van der Waals surface area contributed by atoms with E-state index >= 15 is 0 Å². The van der Waals surface area contributed by atoms with Crippen molar-refractivity contribution in [3.8, 4) is 0 Å². The fourth-order valence-corrected chi connectivity index (χ4v) is 2.44. The van der Waals surface area contributed by atoms with Gasteiger partial charge in [0.2, 0.25) is 0 Å². The van der Waals surface area contributed by atoms with E-state index in [2.05, 4.69) is 36.1 Å². The van der Waals surface area contributed by atoms with E-state index in [0.717, 1.165) is 36.2 Å². The molecular formula is C16H27N3O. The summed E-state index contributed by atoms with van der Waals surface area (Å²) in [5, 5.41) is 3.59. The van der Waals surface area contributed by atoms with Gasteiger partial charge in [-0.05, 0) is 58.1 Å². The van der Waals surface area contributed by atoms with Gasteiger partial charge in [0.1, 0.15) is 6.61 Å². The van der Waals surface area contributed by atoms with Gasteiger partial charge in [0.05, 0.1) is 0 Å². The second-order valence-electron chi connectivity index (χ2n) is 5.92. The van der Waals surface area contributed by atoms with E-state index in [1.807, 2.05) is 6.92 Å². The molecule has 1 saturated carbocycles. The Hall–Kier alpha value is -1.00. The lowest BCUT2D eigenvalue weighted by Crippen LogP contribution is -2.25. The number of rotatable bonds is 8. The van der Waals surface area contributed by atoms with Gasteiger partial charge in [-0.15, -0.1) is 0 Å². The van der Waals surface area contributed by atoms with Crippen LogP contribution in [0.1, 0.15) is 49.5 Å². The van der Waals surface area contributed by atoms with Gasteiger partial charge in [0.25, 0.3) is 0 Å². The summed E-state index contributed by atoms with van der Waals surface area (Å²) in [5.74, 6) is 1.42. The Morgan fingerprint density at radius 2 is 1.90 bits per heavy atom. The molecule has 1 fully saturated rings. The second-order valence-corrected chi connectivity index (χ2v) is 5.92. The van der Waals surface area contributed by atoms with Crippen LogP contribution >= 0.6 is 0 Å². The Balaban J connectivity index is 1.95. The molecule has 0 spiro atoms. The van der Waals surface area contributed by atoms with Crippen molar-refractivity contribution in [2.45, 2.75) is 59.6 Å². The number of nitrogens with zero attached hydrogens (tertiary/aromatic N) is 2. The largest absolute Gasteiger partial charge is 0.374 e. The minimum absolute atomic E-state index is 0.511.